The zero-order chi connectivity index (χ0) is 69.6. The third-order valence-electron chi connectivity index (χ3n) is 15.9. The van der Waals surface area contributed by atoms with Crippen LogP contribution in [-0.2, 0) is 28.8 Å². The van der Waals surface area contributed by atoms with Crippen LogP contribution in [0.2, 0.25) is 0 Å². The van der Waals surface area contributed by atoms with Crippen LogP contribution >= 0.6 is 41.4 Å². The third-order valence-corrected chi connectivity index (χ3v) is 19.0. The highest BCUT2D eigenvalue weighted by Crippen LogP contribution is 2.50. The molecule has 17 nitrogen and oxygen atoms in total. The van der Waals surface area contributed by atoms with Gasteiger partial charge < -0.3 is 5.11 Å². The zero-order valence-corrected chi connectivity index (χ0v) is 57.1. The molecule has 100 heavy (non-hydrogen) atoms. The number of rotatable bonds is 17. The number of carbonyl (C=O) groups is 8. The summed E-state index contributed by atoms with van der Waals surface area (Å²) in [6.07, 6.45) is 7.41. The molecule has 4 aliphatic heterocycles. The maximum atomic E-state index is 12.6. The Morgan fingerprint density at radius 1 is 0.360 bits per heavy atom. The maximum absolute atomic E-state index is 12.6. The molecular formula is C79H78N4O13P2S2. The van der Waals surface area contributed by atoms with E-state index in [1.54, 1.807) is 108 Å². The van der Waals surface area contributed by atoms with Gasteiger partial charge in [-0.3, -0.25) is 58.4 Å². The summed E-state index contributed by atoms with van der Waals surface area (Å²) in [5, 5.41) is 29.4. The van der Waals surface area contributed by atoms with Gasteiger partial charge in [-0.1, -0.05) is 264 Å². The minimum Gasteiger partial charge on any atom is -0.396 e. The molecule has 0 aromatic heterocycles. The molecule has 1 saturated heterocycles. The monoisotopic (exact) mass is 1420 g/mol. The normalized spacial score (nSPS) is 15.1. The number of carbonyl (C=O) groups excluding carboxylic acids is 8. The van der Waals surface area contributed by atoms with E-state index in [4.69, 9.17) is 20.1 Å². The van der Waals surface area contributed by atoms with Crippen LogP contribution in [0, 0.1) is 11.8 Å². The molecule has 1 fully saturated rings. The Kier molecular flexibility index (Phi) is 29.2. The largest absolute Gasteiger partial charge is 0.396 e. The van der Waals surface area contributed by atoms with E-state index in [9.17, 15) is 43.5 Å². The lowest BCUT2D eigenvalue weighted by Gasteiger charge is -2.35. The number of imide groups is 4. The number of amides is 8. The second-order valence-electron chi connectivity index (χ2n) is 21.8. The van der Waals surface area contributed by atoms with Gasteiger partial charge in [-0.05, 0) is 76.2 Å². The van der Waals surface area contributed by atoms with E-state index in [1.807, 2.05) is 79.7 Å². The topological polar surface area (TPSA) is 229 Å². The Bertz CT molecular complexity index is 3990. The summed E-state index contributed by atoms with van der Waals surface area (Å²) in [4.78, 5) is 104. The summed E-state index contributed by atoms with van der Waals surface area (Å²) >= 11 is 3.50. The SMILES string of the molecule is C.C.CCCON1C(=O)c2ccccc2C1=O.O=C1C2C=CC=CC2C(=O)N1O.O=C1c2ccccc2C(=O)N1O.O=C1c2ccccc2C(=O)N1OCCSC(c1ccccc1)(c1ccccc1)c1ccccc1.OCCSC(c1ccccc1)(c1ccccc1)c1ccccc1.PP. The molecule has 14 rings (SSSR count). The highest BCUT2D eigenvalue weighted by atomic mass is 32.2. The highest BCUT2D eigenvalue weighted by Gasteiger charge is 2.46. The van der Waals surface area contributed by atoms with Gasteiger partial charge in [0.2, 0.25) is 0 Å². The van der Waals surface area contributed by atoms with Gasteiger partial charge in [0.05, 0.1) is 74.5 Å². The highest BCUT2D eigenvalue weighted by molar-refractivity contribution is 8.00. The Morgan fingerprint density at radius 3 is 0.860 bits per heavy atom. The summed E-state index contributed by atoms with van der Waals surface area (Å²) in [6.45, 7) is 2.66. The van der Waals surface area contributed by atoms with Crippen molar-refractivity contribution in [1.29, 1.82) is 0 Å². The number of allylic oxidation sites excluding steroid dienone is 2. The van der Waals surface area contributed by atoms with E-state index in [0.29, 0.717) is 40.4 Å². The van der Waals surface area contributed by atoms with Gasteiger partial charge in [0.1, 0.15) is 0 Å². The number of hydrogen-bond donors (Lipinski definition) is 3. The van der Waals surface area contributed by atoms with Crippen LogP contribution in [0.15, 0.2) is 279 Å². The van der Waals surface area contributed by atoms with E-state index in [2.05, 4.69) is 127 Å². The summed E-state index contributed by atoms with van der Waals surface area (Å²) in [7, 11) is 4.67. The van der Waals surface area contributed by atoms with Crippen LogP contribution in [0.3, 0.4) is 0 Å². The first-order valence-electron chi connectivity index (χ1n) is 31.1. The zero-order valence-electron chi connectivity index (χ0n) is 53.1. The summed E-state index contributed by atoms with van der Waals surface area (Å²) < 4.78 is -0.790. The van der Waals surface area contributed by atoms with Crippen LogP contribution in [-0.4, -0.2) is 114 Å². The van der Waals surface area contributed by atoms with Crippen molar-refractivity contribution in [2.45, 2.75) is 37.7 Å². The Labute approximate surface area is 595 Å². The molecule has 4 atom stereocenters. The number of aliphatic hydroxyl groups is 1. The van der Waals surface area contributed by atoms with Gasteiger partial charge in [0.25, 0.3) is 47.3 Å². The lowest BCUT2D eigenvalue weighted by molar-refractivity contribution is -0.172. The van der Waals surface area contributed by atoms with E-state index in [-0.39, 0.29) is 65.9 Å². The van der Waals surface area contributed by atoms with E-state index in [0.717, 1.165) is 33.2 Å². The Morgan fingerprint density at radius 2 is 0.600 bits per heavy atom. The Hall–Kier alpha value is -9.62. The number of nitrogens with zero attached hydrogens (tertiary/aromatic N) is 4. The molecule has 3 N–H and O–H groups in total. The van der Waals surface area contributed by atoms with E-state index < -0.39 is 52.0 Å². The van der Waals surface area contributed by atoms with Gasteiger partial charge in [-0.2, -0.15) is 5.06 Å². The molecule has 9 aromatic rings. The lowest BCUT2D eigenvalue weighted by Crippen LogP contribution is -2.32. The van der Waals surface area contributed by atoms with Crippen LogP contribution in [0.1, 0.15) is 124 Å². The van der Waals surface area contributed by atoms with Gasteiger partial charge in [-0.25, -0.2) is 0 Å². The van der Waals surface area contributed by atoms with Crippen LogP contribution in [0.4, 0.5) is 0 Å². The Balaban J connectivity index is 0.000000185. The average molecular weight is 1420 g/mol. The molecule has 4 heterocycles. The molecule has 0 bridgehead atoms. The second kappa shape index (κ2) is 37.5. The molecule has 0 spiro atoms. The standard InChI is InChI=1S/C29H23NO3S.C21H20OS.C11H11NO3.C8H7NO3.C8H5NO3.2CH4.H4P2/c31-27-25-18-10-11-19-26(25)28(32)30(27)33-20-21-34-29(22-12-4-1-5-13-22,23-14-6-2-7-15-23)24-16-8-3-9-17-24;22-16-17-23-21(18-10-4-1-5-11-18,19-12-6-2-7-13-19)20-14-8-3-9-15-20;1-2-7-15-12-10(13)8-5-3-4-6-9(8)11(12)14;2*10-7-5-3-1-2-4-6(5)8(11)9(7)12;;;1-2/h1-19H,20-21H2;1-15,22H,16-17H2;3-6H,2,7H2,1H3;1-6,12H;1-4,12H;2*1H4;1-2H2. The first-order valence-corrected chi connectivity index (χ1v) is 35.8. The summed E-state index contributed by atoms with van der Waals surface area (Å²) in [5.41, 5.74) is 9.25. The van der Waals surface area contributed by atoms with Crippen molar-refractivity contribution < 1.29 is 63.6 Å². The maximum Gasteiger partial charge on any atom is 0.285 e. The summed E-state index contributed by atoms with van der Waals surface area (Å²) in [6, 6.07) is 82.6. The number of thioether (sulfide) groups is 2. The molecule has 1 aliphatic carbocycles. The number of hydrogen-bond acceptors (Lipinski definition) is 15. The molecule has 514 valence electrons. The van der Waals surface area contributed by atoms with E-state index in [1.165, 1.54) is 28.8 Å². The quantitative estimate of drug-likeness (QED) is 0.0253. The fourth-order valence-corrected chi connectivity index (χ4v) is 14.1. The van der Waals surface area contributed by atoms with Crippen LogP contribution < -0.4 is 0 Å². The second-order valence-corrected chi connectivity index (χ2v) is 24.4. The number of benzene rings is 9. The molecule has 0 radical (unpaired) electrons. The fraction of sp³-hybridized carbons (Fsp3) is 0.165. The van der Waals surface area contributed by atoms with Crippen LogP contribution in [0.5, 0.6) is 0 Å². The van der Waals surface area contributed by atoms with Crippen molar-refractivity contribution in [2.75, 3.05) is 31.3 Å². The molecule has 5 aliphatic rings. The molecule has 9 aromatic carbocycles. The number of aliphatic hydroxyl groups excluding tert-OH is 1. The average Bonchev–Trinajstić information content (AvgIpc) is 1.48. The van der Waals surface area contributed by atoms with Gasteiger partial charge in [0, 0.05) is 11.5 Å². The predicted molar refractivity (Wildman–Crippen MR) is 397 cm³/mol. The predicted octanol–water partition coefficient (Wildman–Crippen LogP) is 15.0. The van der Waals surface area contributed by atoms with Crippen molar-refractivity contribution in [3.8, 4) is 0 Å². The van der Waals surface area contributed by atoms with Crippen LogP contribution in [0.25, 0.3) is 0 Å². The molecule has 0 saturated carbocycles. The fourth-order valence-electron chi connectivity index (χ4n) is 11.5. The van der Waals surface area contributed by atoms with E-state index >= 15 is 0 Å². The number of fused-ring (bicyclic) bond motifs is 4. The third kappa shape index (κ3) is 17.0. The van der Waals surface area contributed by atoms with Crippen molar-refractivity contribution in [1.82, 2.24) is 20.3 Å². The molecule has 21 heteroatoms. The lowest BCUT2D eigenvalue weighted by atomic mass is 9.84. The van der Waals surface area contributed by atoms with Crippen molar-refractivity contribution in [3.63, 3.8) is 0 Å². The smallest absolute Gasteiger partial charge is 0.285 e. The minimum absolute atomic E-state index is 0. The summed E-state index contributed by atoms with van der Waals surface area (Å²) in [5.74, 6) is -3.70. The minimum atomic E-state index is -0.657. The molecule has 4 unspecified atom stereocenters. The van der Waals surface area contributed by atoms with Gasteiger partial charge in [-0.15, -0.1) is 56.6 Å². The van der Waals surface area contributed by atoms with Crippen molar-refractivity contribution in [2.24, 2.45) is 11.8 Å². The molecular weight excluding hydrogens is 1340 g/mol. The first kappa shape index (κ1) is 77.7. The van der Waals surface area contributed by atoms with Gasteiger partial charge in [0.15, 0.2) is 0 Å². The number of hydroxylamine groups is 8. The first-order chi connectivity index (χ1) is 47.8. The van der Waals surface area contributed by atoms with Crippen molar-refractivity contribution in [3.05, 3.63) is 346 Å². The molecule has 8 amide bonds. The van der Waals surface area contributed by atoms with Gasteiger partial charge >= 0.3 is 0 Å². The van der Waals surface area contributed by atoms with Crippen molar-refractivity contribution >= 4 is 88.6 Å².